The number of amides is 2. The summed E-state index contributed by atoms with van der Waals surface area (Å²) in [4.78, 5) is 39.4. The Morgan fingerprint density at radius 3 is 2.46 bits per heavy atom. The predicted octanol–water partition coefficient (Wildman–Crippen LogP) is 1.58. The van der Waals surface area contributed by atoms with Crippen LogP contribution in [-0.2, 0) is 14.3 Å². The number of para-hydroxylation sites is 1. The molecule has 2 amide bonds. The Bertz CT molecular complexity index is 641. The van der Waals surface area contributed by atoms with E-state index in [1.807, 2.05) is 0 Å². The molecule has 0 saturated carbocycles. The third-order valence-corrected chi connectivity index (χ3v) is 4.16. The van der Waals surface area contributed by atoms with Crippen molar-refractivity contribution in [2.24, 2.45) is 0 Å². The van der Waals surface area contributed by atoms with E-state index in [2.05, 4.69) is 10.2 Å². The summed E-state index contributed by atoms with van der Waals surface area (Å²) in [6, 6.07) is 6.74. The largest absolute Gasteiger partial charge is 0.465 e. The summed E-state index contributed by atoms with van der Waals surface area (Å²) in [6.45, 7) is 5.31. The van der Waals surface area contributed by atoms with Crippen molar-refractivity contribution in [3.05, 3.63) is 29.8 Å². The Morgan fingerprint density at radius 2 is 1.81 bits per heavy atom. The molecule has 1 aliphatic rings. The van der Waals surface area contributed by atoms with E-state index < -0.39 is 5.97 Å². The standard InChI is InChI=1S/C18H25N3O5/c1-3-26-18(24)21-12-10-20(11-13-21)9-8-16(22)19-15-7-5-4-6-14(15)17(23)25-2/h4-7H,3,8-13H2,1-2H3,(H,19,22). The Morgan fingerprint density at radius 1 is 1.12 bits per heavy atom. The van der Waals surface area contributed by atoms with Crippen LogP contribution in [0, 0.1) is 0 Å². The Kier molecular flexibility index (Phi) is 7.40. The molecule has 0 aliphatic carbocycles. The molecule has 1 heterocycles. The maximum atomic E-state index is 12.2. The Labute approximate surface area is 153 Å². The predicted molar refractivity (Wildman–Crippen MR) is 96.1 cm³/mol. The molecule has 1 N–H and O–H groups in total. The van der Waals surface area contributed by atoms with Crippen LogP contribution in [0.3, 0.4) is 0 Å². The molecule has 2 rings (SSSR count). The number of carbonyl (C=O) groups is 3. The van der Waals surface area contributed by atoms with Crippen LogP contribution in [0.2, 0.25) is 0 Å². The van der Waals surface area contributed by atoms with Gasteiger partial charge in [-0.05, 0) is 19.1 Å². The third-order valence-electron chi connectivity index (χ3n) is 4.16. The summed E-state index contributed by atoms with van der Waals surface area (Å²) >= 11 is 0. The molecule has 8 nitrogen and oxygen atoms in total. The first-order valence-electron chi connectivity index (χ1n) is 8.66. The molecule has 1 saturated heterocycles. The van der Waals surface area contributed by atoms with Gasteiger partial charge in [-0.15, -0.1) is 0 Å². The maximum Gasteiger partial charge on any atom is 0.409 e. The minimum absolute atomic E-state index is 0.172. The van der Waals surface area contributed by atoms with Crippen molar-refractivity contribution in [1.82, 2.24) is 9.80 Å². The molecule has 0 atom stereocenters. The van der Waals surface area contributed by atoms with Crippen LogP contribution in [0.5, 0.6) is 0 Å². The van der Waals surface area contributed by atoms with Crippen LogP contribution in [0.4, 0.5) is 10.5 Å². The second-order valence-electron chi connectivity index (χ2n) is 5.86. The fourth-order valence-electron chi connectivity index (χ4n) is 2.72. The zero-order chi connectivity index (χ0) is 18.9. The summed E-state index contributed by atoms with van der Waals surface area (Å²) in [5.41, 5.74) is 0.767. The summed E-state index contributed by atoms with van der Waals surface area (Å²) in [5.74, 6) is -0.662. The molecular weight excluding hydrogens is 338 g/mol. The third kappa shape index (κ3) is 5.45. The number of anilines is 1. The molecule has 1 fully saturated rings. The van der Waals surface area contributed by atoms with E-state index >= 15 is 0 Å². The number of nitrogens with zero attached hydrogens (tertiary/aromatic N) is 2. The normalized spacial score (nSPS) is 14.6. The molecule has 8 heteroatoms. The number of rotatable bonds is 6. The lowest BCUT2D eigenvalue weighted by atomic mass is 10.1. The first-order valence-corrected chi connectivity index (χ1v) is 8.66. The second-order valence-corrected chi connectivity index (χ2v) is 5.86. The highest BCUT2D eigenvalue weighted by Crippen LogP contribution is 2.16. The van der Waals surface area contributed by atoms with Crippen molar-refractivity contribution in [1.29, 1.82) is 0 Å². The number of methoxy groups -OCH3 is 1. The van der Waals surface area contributed by atoms with E-state index in [1.54, 1.807) is 36.1 Å². The molecular formula is C18H25N3O5. The van der Waals surface area contributed by atoms with Crippen molar-refractivity contribution in [3.8, 4) is 0 Å². The van der Waals surface area contributed by atoms with Gasteiger partial charge in [0.2, 0.25) is 5.91 Å². The van der Waals surface area contributed by atoms with Gasteiger partial charge in [0.05, 0.1) is 25.0 Å². The fourth-order valence-corrected chi connectivity index (χ4v) is 2.72. The highest BCUT2D eigenvalue weighted by Gasteiger charge is 2.22. The minimum Gasteiger partial charge on any atom is -0.465 e. The lowest BCUT2D eigenvalue weighted by Gasteiger charge is -2.33. The average Bonchev–Trinajstić information content (AvgIpc) is 2.67. The fraction of sp³-hybridized carbons (Fsp3) is 0.500. The summed E-state index contributed by atoms with van der Waals surface area (Å²) < 4.78 is 9.71. The van der Waals surface area contributed by atoms with Gasteiger partial charge in [0.25, 0.3) is 0 Å². The topological polar surface area (TPSA) is 88.2 Å². The van der Waals surface area contributed by atoms with E-state index in [0.29, 0.717) is 57.0 Å². The molecule has 1 aromatic rings. The number of ether oxygens (including phenoxy) is 2. The smallest absolute Gasteiger partial charge is 0.409 e. The number of esters is 1. The number of carbonyl (C=O) groups excluding carboxylic acids is 3. The average molecular weight is 363 g/mol. The van der Waals surface area contributed by atoms with E-state index in [-0.39, 0.29) is 12.0 Å². The molecule has 0 spiro atoms. The zero-order valence-corrected chi connectivity index (χ0v) is 15.2. The van der Waals surface area contributed by atoms with Crippen molar-refractivity contribution in [2.45, 2.75) is 13.3 Å². The summed E-state index contributed by atoms with van der Waals surface area (Å²) in [5, 5.41) is 2.76. The monoisotopic (exact) mass is 363 g/mol. The lowest BCUT2D eigenvalue weighted by molar-refractivity contribution is -0.116. The number of nitrogens with one attached hydrogen (secondary N) is 1. The first-order chi connectivity index (χ1) is 12.5. The van der Waals surface area contributed by atoms with Gasteiger partial charge >= 0.3 is 12.1 Å². The van der Waals surface area contributed by atoms with Crippen molar-refractivity contribution in [2.75, 3.05) is 51.8 Å². The first kappa shape index (κ1) is 19.7. The highest BCUT2D eigenvalue weighted by molar-refractivity contribution is 6.01. The van der Waals surface area contributed by atoms with Crippen molar-refractivity contribution < 1.29 is 23.9 Å². The molecule has 0 bridgehead atoms. The van der Waals surface area contributed by atoms with Gasteiger partial charge in [-0.3, -0.25) is 9.69 Å². The summed E-state index contributed by atoms with van der Waals surface area (Å²) in [7, 11) is 1.30. The van der Waals surface area contributed by atoms with Gasteiger partial charge in [0.1, 0.15) is 0 Å². The maximum absolute atomic E-state index is 12.2. The highest BCUT2D eigenvalue weighted by atomic mass is 16.6. The lowest BCUT2D eigenvalue weighted by Crippen LogP contribution is -2.49. The number of hydrogen-bond donors (Lipinski definition) is 1. The van der Waals surface area contributed by atoms with Gasteiger partial charge < -0.3 is 19.7 Å². The number of benzene rings is 1. The van der Waals surface area contributed by atoms with Crippen molar-refractivity contribution in [3.63, 3.8) is 0 Å². The molecule has 0 radical (unpaired) electrons. The Balaban J connectivity index is 1.78. The van der Waals surface area contributed by atoms with Crippen LogP contribution in [-0.4, -0.2) is 74.2 Å². The summed E-state index contributed by atoms with van der Waals surface area (Å²) in [6.07, 6.45) is 0.0128. The molecule has 0 aromatic heterocycles. The minimum atomic E-state index is -0.490. The number of piperazine rings is 1. The van der Waals surface area contributed by atoms with E-state index in [9.17, 15) is 14.4 Å². The molecule has 1 aliphatic heterocycles. The molecule has 0 unspecified atom stereocenters. The zero-order valence-electron chi connectivity index (χ0n) is 15.2. The van der Waals surface area contributed by atoms with Crippen molar-refractivity contribution >= 4 is 23.7 Å². The van der Waals surface area contributed by atoms with E-state index in [4.69, 9.17) is 9.47 Å². The van der Waals surface area contributed by atoms with Crippen LogP contribution < -0.4 is 5.32 Å². The SMILES string of the molecule is CCOC(=O)N1CCN(CCC(=O)Nc2ccccc2C(=O)OC)CC1. The van der Waals surface area contributed by atoms with Gasteiger partial charge in [0.15, 0.2) is 0 Å². The van der Waals surface area contributed by atoms with Gasteiger partial charge in [-0.2, -0.15) is 0 Å². The molecule has 1 aromatic carbocycles. The van der Waals surface area contributed by atoms with Gasteiger partial charge in [-0.25, -0.2) is 9.59 Å². The van der Waals surface area contributed by atoms with Crippen LogP contribution in [0.15, 0.2) is 24.3 Å². The number of hydrogen-bond acceptors (Lipinski definition) is 6. The van der Waals surface area contributed by atoms with E-state index in [0.717, 1.165) is 0 Å². The second kappa shape index (κ2) is 9.76. The van der Waals surface area contributed by atoms with Gasteiger partial charge in [-0.1, -0.05) is 12.1 Å². The molecule has 26 heavy (non-hydrogen) atoms. The van der Waals surface area contributed by atoms with E-state index in [1.165, 1.54) is 7.11 Å². The molecule has 142 valence electrons. The van der Waals surface area contributed by atoms with Crippen LogP contribution in [0.1, 0.15) is 23.7 Å². The van der Waals surface area contributed by atoms with Crippen LogP contribution >= 0.6 is 0 Å². The van der Waals surface area contributed by atoms with Gasteiger partial charge in [0, 0.05) is 39.1 Å². The Hall–Kier alpha value is -2.61. The quantitative estimate of drug-likeness (QED) is 0.772. The van der Waals surface area contributed by atoms with Crippen LogP contribution in [0.25, 0.3) is 0 Å².